The first-order valence-corrected chi connectivity index (χ1v) is 10.5. The molecule has 0 radical (unpaired) electrons. The zero-order valence-electron chi connectivity index (χ0n) is 17.4. The van der Waals surface area contributed by atoms with Gasteiger partial charge in [0.05, 0.1) is 5.97 Å². The molecule has 1 aliphatic heterocycles. The molecule has 1 aliphatic carbocycles. The molecule has 158 valence electrons. The fourth-order valence-corrected chi connectivity index (χ4v) is 4.12. The van der Waals surface area contributed by atoms with Crippen LogP contribution in [0.4, 0.5) is 5.69 Å². The van der Waals surface area contributed by atoms with Crippen LogP contribution in [0.2, 0.25) is 0 Å². The second-order valence-electron chi connectivity index (χ2n) is 7.16. The van der Waals surface area contributed by atoms with Crippen LogP contribution in [0.25, 0.3) is 33.4 Å². The molecule has 0 fully saturated rings. The number of carbonyl (C=O) groups excluding carboxylic acids is 1. The predicted molar refractivity (Wildman–Crippen MR) is 113 cm³/mol. The number of aromatic carboxylic acids is 1. The van der Waals surface area contributed by atoms with Gasteiger partial charge in [0.25, 0.3) is 10.1 Å². The summed E-state index contributed by atoms with van der Waals surface area (Å²) < 4.78 is 38.8. The quantitative estimate of drug-likeness (QED) is 0.239. The summed E-state index contributed by atoms with van der Waals surface area (Å²) in [6, 6.07) is 13.3. The molecule has 1 N–H and O–H groups in total. The van der Waals surface area contributed by atoms with Gasteiger partial charge >= 0.3 is 29.6 Å². The van der Waals surface area contributed by atoms with E-state index in [1.165, 1.54) is 12.1 Å². The first-order chi connectivity index (χ1) is 14.6. The van der Waals surface area contributed by atoms with Crippen LogP contribution in [0.3, 0.4) is 0 Å². The molecule has 2 aliphatic rings. The van der Waals surface area contributed by atoms with Crippen LogP contribution in [-0.4, -0.2) is 33.0 Å². The first kappa shape index (κ1) is 24.0. The smallest absolute Gasteiger partial charge is 0.545 e. The maximum Gasteiger partial charge on any atom is 1.00 e. The van der Waals surface area contributed by atoms with Crippen molar-refractivity contribution in [1.29, 1.82) is 0 Å². The van der Waals surface area contributed by atoms with Crippen molar-refractivity contribution >= 4 is 32.7 Å². The Balaban J connectivity index is 0.00000289. The van der Waals surface area contributed by atoms with Crippen molar-refractivity contribution in [3.63, 3.8) is 0 Å². The number of hydrogen-bond acceptors (Lipinski definition) is 7. The number of carboxylic acid groups (broad SMARTS) is 1. The first-order valence-electron chi connectivity index (χ1n) is 9.08. The Morgan fingerprint density at radius 3 is 2.34 bits per heavy atom. The topological polar surface area (TPSA) is 128 Å². The van der Waals surface area contributed by atoms with E-state index in [2.05, 4.69) is 0 Å². The minimum atomic E-state index is -4.81. The Hall–Kier alpha value is -2.69. The summed E-state index contributed by atoms with van der Waals surface area (Å²) in [4.78, 5) is 25.1. The number of rotatable bonds is 4. The summed E-state index contributed by atoms with van der Waals surface area (Å²) >= 11 is 0. The monoisotopic (exact) mass is 461 g/mol. The van der Waals surface area contributed by atoms with Crippen molar-refractivity contribution < 1.29 is 56.8 Å². The average Bonchev–Trinajstić information content (AvgIpc) is 2.70. The van der Waals surface area contributed by atoms with Gasteiger partial charge in [-0.15, -0.1) is 0 Å². The van der Waals surface area contributed by atoms with E-state index in [0.29, 0.717) is 16.5 Å². The summed E-state index contributed by atoms with van der Waals surface area (Å²) in [7, 11) is -1.14. The molecule has 0 unspecified atom stereocenters. The standard InChI is InChI=1S/C22H17NO7S.Na/c1-23(2)12-7-8-15-18(9-12)30-19-11-17(24)20(31(27,28)29)10-16(19)21(15)13-5-3-4-6-14(13)22(25)26;/h3-11H,1-2H3,(H,25,26)(H,27,28,29);/q;+1/p-1. The molecule has 8 nitrogen and oxygen atoms in total. The molecule has 1 heterocycles. The SMILES string of the molecule is CN(C)c1ccc2c(-c3ccccc3C(=O)[O-])c3cc(S(=O)(=O)O)c(=O)cc-3oc2c1.[Na+]. The van der Waals surface area contributed by atoms with Crippen molar-refractivity contribution in [2.24, 2.45) is 0 Å². The van der Waals surface area contributed by atoms with Gasteiger partial charge in [0.15, 0.2) is 0 Å². The molecule has 2 aromatic carbocycles. The predicted octanol–water partition coefficient (Wildman–Crippen LogP) is -0.755. The molecule has 0 saturated heterocycles. The molecule has 0 amide bonds. The number of carboxylic acids is 1. The number of nitrogens with zero attached hydrogens (tertiary/aromatic N) is 1. The van der Waals surface area contributed by atoms with E-state index in [-0.39, 0.29) is 52.0 Å². The molecule has 0 spiro atoms. The summed E-state index contributed by atoms with van der Waals surface area (Å²) in [5, 5.41) is 12.3. The zero-order valence-corrected chi connectivity index (χ0v) is 20.3. The van der Waals surface area contributed by atoms with Crippen molar-refractivity contribution in [2.75, 3.05) is 19.0 Å². The maximum absolute atomic E-state index is 12.3. The molecule has 4 rings (SSSR count). The van der Waals surface area contributed by atoms with Gasteiger partial charge in [-0.25, -0.2) is 0 Å². The molecule has 0 aromatic heterocycles. The van der Waals surface area contributed by atoms with Gasteiger partial charge < -0.3 is 19.2 Å². The van der Waals surface area contributed by atoms with Gasteiger partial charge in [0.1, 0.15) is 16.2 Å². The Morgan fingerprint density at radius 2 is 1.72 bits per heavy atom. The normalized spacial score (nSPS) is 11.3. The molecule has 0 saturated carbocycles. The van der Waals surface area contributed by atoms with E-state index < -0.39 is 26.4 Å². The molecule has 10 heteroatoms. The second-order valence-corrected chi connectivity index (χ2v) is 8.55. The van der Waals surface area contributed by atoms with Crippen LogP contribution in [-0.2, 0) is 10.1 Å². The summed E-state index contributed by atoms with van der Waals surface area (Å²) in [5.74, 6) is -1.37. The largest absolute Gasteiger partial charge is 1.00 e. The second kappa shape index (κ2) is 8.68. The van der Waals surface area contributed by atoms with Crippen LogP contribution in [0.1, 0.15) is 10.4 Å². The van der Waals surface area contributed by atoms with Gasteiger partial charge in [-0.05, 0) is 23.8 Å². The van der Waals surface area contributed by atoms with Crippen LogP contribution in [0.15, 0.2) is 68.7 Å². The Labute approximate surface area is 205 Å². The van der Waals surface area contributed by atoms with Gasteiger partial charge in [0, 0.05) is 54.0 Å². The van der Waals surface area contributed by atoms with E-state index >= 15 is 0 Å². The van der Waals surface area contributed by atoms with E-state index in [4.69, 9.17) is 4.42 Å². The number of hydrogen-bond donors (Lipinski definition) is 1. The number of fused-ring (bicyclic) bond motifs is 2. The number of carbonyl (C=O) groups is 1. The van der Waals surface area contributed by atoms with Gasteiger partial charge in [-0.2, -0.15) is 8.42 Å². The molecule has 32 heavy (non-hydrogen) atoms. The molecule has 0 bridgehead atoms. The van der Waals surface area contributed by atoms with Crippen molar-refractivity contribution in [2.45, 2.75) is 4.90 Å². The summed E-state index contributed by atoms with van der Waals surface area (Å²) in [6.45, 7) is 0. The minimum absolute atomic E-state index is 0. The molecule has 0 atom stereocenters. The Bertz CT molecular complexity index is 1490. The van der Waals surface area contributed by atoms with E-state index in [1.807, 2.05) is 19.0 Å². The van der Waals surface area contributed by atoms with E-state index in [0.717, 1.165) is 17.8 Å². The van der Waals surface area contributed by atoms with Crippen LogP contribution >= 0.6 is 0 Å². The third kappa shape index (κ3) is 4.17. The third-order valence-electron chi connectivity index (χ3n) is 4.98. The van der Waals surface area contributed by atoms with E-state index in [1.54, 1.807) is 30.3 Å². The third-order valence-corrected chi connectivity index (χ3v) is 5.86. The fraction of sp³-hybridized carbons (Fsp3) is 0.0909. The van der Waals surface area contributed by atoms with Gasteiger partial charge in [0.2, 0.25) is 5.43 Å². The van der Waals surface area contributed by atoms with Crippen LogP contribution in [0.5, 0.6) is 0 Å². The number of anilines is 1. The zero-order chi connectivity index (χ0) is 22.5. The van der Waals surface area contributed by atoms with Crippen LogP contribution < -0.4 is 45.0 Å². The van der Waals surface area contributed by atoms with Crippen LogP contribution in [0, 0.1) is 0 Å². The van der Waals surface area contributed by atoms with Crippen molar-refractivity contribution in [3.8, 4) is 22.5 Å². The molecular weight excluding hydrogens is 445 g/mol. The maximum atomic E-state index is 12.3. The summed E-state index contributed by atoms with van der Waals surface area (Å²) in [6.07, 6.45) is 0. The van der Waals surface area contributed by atoms with E-state index in [9.17, 15) is 27.7 Å². The summed E-state index contributed by atoms with van der Waals surface area (Å²) in [5.41, 5.74) is 0.851. The van der Waals surface area contributed by atoms with Crippen molar-refractivity contribution in [3.05, 3.63) is 70.4 Å². The van der Waals surface area contributed by atoms with Gasteiger partial charge in [-0.3, -0.25) is 9.35 Å². The minimum Gasteiger partial charge on any atom is -0.545 e. The molecule has 2 aromatic rings. The fourth-order valence-electron chi connectivity index (χ4n) is 3.54. The Kier molecular flexibility index (Phi) is 6.50. The van der Waals surface area contributed by atoms with Crippen molar-refractivity contribution in [1.82, 2.24) is 0 Å². The van der Waals surface area contributed by atoms with Gasteiger partial charge in [-0.1, -0.05) is 24.3 Å². The number of benzene rings is 3. The average molecular weight is 461 g/mol. The molecular formula is C22H16NNaO7S. The Morgan fingerprint density at radius 1 is 1.03 bits per heavy atom.